The molecule has 1 fully saturated rings. The van der Waals surface area contributed by atoms with Gasteiger partial charge in [0.25, 0.3) is 0 Å². The topological polar surface area (TPSA) is 96.3 Å². The number of hydrogen-bond acceptors (Lipinski definition) is 5. The molecule has 140 valence electrons. The number of ether oxygens (including phenoxy) is 2. The third-order valence-corrected chi connectivity index (χ3v) is 3.81. The molecule has 0 atom stereocenters. The Balaban J connectivity index is 0.000000450. The molecule has 2 rings (SSSR count). The van der Waals surface area contributed by atoms with Crippen molar-refractivity contribution in [2.24, 2.45) is 0 Å². The van der Waals surface area contributed by atoms with Gasteiger partial charge in [-0.15, -0.1) is 0 Å². The molecule has 1 aliphatic heterocycles. The summed E-state index contributed by atoms with van der Waals surface area (Å²) in [4.78, 5) is 20.8. The molecule has 0 aliphatic carbocycles. The van der Waals surface area contributed by atoms with E-state index in [1.54, 1.807) is 7.11 Å². The highest BCUT2D eigenvalue weighted by Crippen LogP contribution is 2.19. The van der Waals surface area contributed by atoms with Gasteiger partial charge in [0.15, 0.2) is 0 Å². The van der Waals surface area contributed by atoms with Gasteiger partial charge in [0.2, 0.25) is 0 Å². The van der Waals surface area contributed by atoms with Crippen molar-refractivity contribution in [3.8, 4) is 11.5 Å². The van der Waals surface area contributed by atoms with Crippen LogP contribution in [0.1, 0.15) is 32.1 Å². The number of likely N-dealkylation sites (tertiary alicyclic amines) is 1. The van der Waals surface area contributed by atoms with Crippen molar-refractivity contribution < 1.29 is 29.3 Å². The number of benzene rings is 1. The lowest BCUT2D eigenvalue weighted by atomic mass is 10.2. The molecular weight excluding hydrogens is 326 g/mol. The molecule has 0 saturated carbocycles. The lowest BCUT2D eigenvalue weighted by Crippen LogP contribution is -2.26. The van der Waals surface area contributed by atoms with Crippen LogP contribution in [0.2, 0.25) is 0 Å². The van der Waals surface area contributed by atoms with E-state index in [4.69, 9.17) is 29.3 Å². The molecule has 1 heterocycles. The van der Waals surface area contributed by atoms with E-state index in [1.807, 2.05) is 24.3 Å². The van der Waals surface area contributed by atoms with Crippen molar-refractivity contribution in [2.75, 3.05) is 33.4 Å². The minimum absolute atomic E-state index is 0.781. The third kappa shape index (κ3) is 9.56. The zero-order chi connectivity index (χ0) is 18.5. The van der Waals surface area contributed by atoms with Crippen LogP contribution >= 0.6 is 0 Å². The fourth-order valence-corrected chi connectivity index (χ4v) is 2.53. The van der Waals surface area contributed by atoms with Crippen molar-refractivity contribution in [1.29, 1.82) is 0 Å². The molecule has 7 heteroatoms. The standard InChI is InChI=1S/C16H25NO2.C2H2O4/c1-18-15-8-6-9-16(14-15)19-13-7-12-17-10-4-2-3-5-11-17;3-1(4)2(5)6/h6,8-9,14H,2-5,7,10-13H2,1H3;(H,3,4)(H,5,6). The van der Waals surface area contributed by atoms with Crippen LogP contribution in [0.25, 0.3) is 0 Å². The van der Waals surface area contributed by atoms with Gasteiger partial charge in [0, 0.05) is 12.6 Å². The molecule has 0 unspecified atom stereocenters. The summed E-state index contributed by atoms with van der Waals surface area (Å²) in [6, 6.07) is 7.81. The van der Waals surface area contributed by atoms with E-state index in [0.717, 1.165) is 31.1 Å². The fraction of sp³-hybridized carbons (Fsp3) is 0.556. The molecule has 1 aromatic rings. The van der Waals surface area contributed by atoms with E-state index in [0.29, 0.717) is 0 Å². The number of methoxy groups -OCH3 is 1. The van der Waals surface area contributed by atoms with Gasteiger partial charge >= 0.3 is 11.9 Å². The number of aliphatic carboxylic acids is 2. The molecule has 25 heavy (non-hydrogen) atoms. The second-order valence-electron chi connectivity index (χ2n) is 5.75. The summed E-state index contributed by atoms with van der Waals surface area (Å²) in [6.45, 7) is 4.46. The number of carbonyl (C=O) groups is 2. The Kier molecular flexibility index (Phi) is 10.1. The van der Waals surface area contributed by atoms with E-state index < -0.39 is 11.9 Å². The SMILES string of the molecule is COc1cccc(OCCCN2CCCCCC2)c1.O=C(O)C(=O)O. The van der Waals surface area contributed by atoms with Gasteiger partial charge in [-0.05, 0) is 44.5 Å². The zero-order valence-corrected chi connectivity index (χ0v) is 14.6. The molecule has 2 N–H and O–H groups in total. The lowest BCUT2D eigenvalue weighted by molar-refractivity contribution is -0.159. The zero-order valence-electron chi connectivity index (χ0n) is 14.6. The monoisotopic (exact) mass is 353 g/mol. The smallest absolute Gasteiger partial charge is 0.414 e. The molecule has 1 aromatic carbocycles. The molecule has 7 nitrogen and oxygen atoms in total. The van der Waals surface area contributed by atoms with Crippen molar-refractivity contribution in [1.82, 2.24) is 4.90 Å². The van der Waals surface area contributed by atoms with Crippen LogP contribution in [0, 0.1) is 0 Å². The van der Waals surface area contributed by atoms with Crippen molar-refractivity contribution in [3.63, 3.8) is 0 Å². The van der Waals surface area contributed by atoms with Crippen molar-refractivity contribution in [2.45, 2.75) is 32.1 Å². The van der Waals surface area contributed by atoms with E-state index in [2.05, 4.69) is 4.90 Å². The Morgan fingerprint density at radius 3 is 2.20 bits per heavy atom. The maximum atomic E-state index is 9.10. The first kappa shape index (κ1) is 20.8. The summed E-state index contributed by atoms with van der Waals surface area (Å²) < 4.78 is 10.9. The first-order valence-electron chi connectivity index (χ1n) is 8.48. The van der Waals surface area contributed by atoms with E-state index >= 15 is 0 Å². The number of carboxylic acid groups (broad SMARTS) is 2. The summed E-state index contributed by atoms with van der Waals surface area (Å²) in [5, 5.41) is 14.8. The minimum atomic E-state index is -1.82. The van der Waals surface area contributed by atoms with Gasteiger partial charge in [-0.3, -0.25) is 0 Å². The number of hydrogen-bond donors (Lipinski definition) is 2. The number of nitrogens with zero attached hydrogens (tertiary/aromatic N) is 1. The Morgan fingerprint density at radius 2 is 1.64 bits per heavy atom. The normalized spacial score (nSPS) is 14.6. The molecule has 0 aromatic heterocycles. The molecule has 0 spiro atoms. The minimum Gasteiger partial charge on any atom is -0.497 e. The Labute approximate surface area is 148 Å². The summed E-state index contributed by atoms with van der Waals surface area (Å²) in [5.41, 5.74) is 0. The molecule has 0 radical (unpaired) electrons. The Bertz CT molecular complexity index is 514. The predicted octanol–water partition coefficient (Wildman–Crippen LogP) is 2.50. The van der Waals surface area contributed by atoms with E-state index in [9.17, 15) is 0 Å². The van der Waals surface area contributed by atoms with Gasteiger partial charge < -0.3 is 24.6 Å². The second kappa shape index (κ2) is 12.1. The summed E-state index contributed by atoms with van der Waals surface area (Å²) in [5.74, 6) is -1.90. The van der Waals surface area contributed by atoms with Crippen LogP contribution in [0.4, 0.5) is 0 Å². The van der Waals surface area contributed by atoms with Gasteiger partial charge in [0.1, 0.15) is 11.5 Å². The molecule has 1 aliphatic rings. The maximum absolute atomic E-state index is 9.10. The average Bonchev–Trinajstić information content (AvgIpc) is 2.88. The molecule has 1 saturated heterocycles. The summed E-state index contributed by atoms with van der Waals surface area (Å²) >= 11 is 0. The van der Waals surface area contributed by atoms with Gasteiger partial charge in [-0.2, -0.15) is 0 Å². The third-order valence-electron chi connectivity index (χ3n) is 3.81. The number of rotatable bonds is 6. The van der Waals surface area contributed by atoms with Crippen molar-refractivity contribution >= 4 is 11.9 Å². The quantitative estimate of drug-likeness (QED) is 0.599. The molecular formula is C18H27NO6. The first-order chi connectivity index (χ1) is 12.0. The number of carboxylic acids is 2. The van der Waals surface area contributed by atoms with Crippen LogP contribution in [0.15, 0.2) is 24.3 Å². The Morgan fingerprint density at radius 1 is 1.04 bits per heavy atom. The largest absolute Gasteiger partial charge is 0.497 e. The highest BCUT2D eigenvalue weighted by Gasteiger charge is 2.08. The maximum Gasteiger partial charge on any atom is 0.414 e. The predicted molar refractivity (Wildman–Crippen MR) is 93.3 cm³/mol. The van der Waals surface area contributed by atoms with Crippen LogP contribution in [0.3, 0.4) is 0 Å². The van der Waals surface area contributed by atoms with Crippen LogP contribution < -0.4 is 9.47 Å². The highest BCUT2D eigenvalue weighted by atomic mass is 16.5. The first-order valence-corrected chi connectivity index (χ1v) is 8.48. The van der Waals surface area contributed by atoms with Gasteiger partial charge in [-0.25, -0.2) is 9.59 Å². The highest BCUT2D eigenvalue weighted by molar-refractivity contribution is 6.27. The second-order valence-corrected chi connectivity index (χ2v) is 5.75. The van der Waals surface area contributed by atoms with Crippen LogP contribution in [-0.4, -0.2) is 60.4 Å². The van der Waals surface area contributed by atoms with Gasteiger partial charge in [-0.1, -0.05) is 18.9 Å². The Hall–Kier alpha value is -2.28. The van der Waals surface area contributed by atoms with Gasteiger partial charge in [0.05, 0.1) is 13.7 Å². The fourth-order valence-electron chi connectivity index (χ4n) is 2.53. The van der Waals surface area contributed by atoms with Crippen LogP contribution in [0.5, 0.6) is 11.5 Å². The average molecular weight is 353 g/mol. The molecule has 0 bridgehead atoms. The lowest BCUT2D eigenvalue weighted by Gasteiger charge is -2.19. The summed E-state index contributed by atoms with van der Waals surface area (Å²) in [6.07, 6.45) is 6.61. The van der Waals surface area contributed by atoms with E-state index in [-0.39, 0.29) is 0 Å². The van der Waals surface area contributed by atoms with E-state index in [1.165, 1.54) is 38.8 Å². The van der Waals surface area contributed by atoms with Crippen molar-refractivity contribution in [3.05, 3.63) is 24.3 Å². The van der Waals surface area contributed by atoms with Crippen LogP contribution in [-0.2, 0) is 9.59 Å². The summed E-state index contributed by atoms with van der Waals surface area (Å²) in [7, 11) is 1.68. The molecule has 0 amide bonds.